The molecule has 5 heterocycles. The molecule has 1 spiro atoms. The maximum absolute atomic E-state index is 13.2. The summed E-state index contributed by atoms with van der Waals surface area (Å²) in [5.74, 6) is 0.0484. The molecule has 2 aromatic carbocycles. The summed E-state index contributed by atoms with van der Waals surface area (Å²) in [6.07, 6.45) is 5.24. The highest BCUT2D eigenvalue weighted by molar-refractivity contribution is 6.05. The second-order valence-corrected chi connectivity index (χ2v) is 11.6. The number of hydrogen-bond acceptors (Lipinski definition) is 6. The lowest BCUT2D eigenvalue weighted by Crippen LogP contribution is -2.52. The maximum atomic E-state index is 13.2. The van der Waals surface area contributed by atoms with Crippen molar-refractivity contribution in [3.05, 3.63) is 58.7 Å². The second-order valence-electron chi connectivity index (χ2n) is 11.6. The smallest absolute Gasteiger partial charge is 0.255 e. The van der Waals surface area contributed by atoms with E-state index in [2.05, 4.69) is 45.4 Å². The molecule has 2 aromatic rings. The zero-order valence-corrected chi connectivity index (χ0v) is 21.7. The predicted octanol–water partition coefficient (Wildman–Crippen LogP) is 2.97. The van der Waals surface area contributed by atoms with E-state index in [-0.39, 0.29) is 29.6 Å². The Hall–Kier alpha value is -3.39. The van der Waals surface area contributed by atoms with Crippen LogP contribution in [0.15, 0.2) is 36.4 Å². The van der Waals surface area contributed by atoms with E-state index in [9.17, 15) is 14.4 Å². The van der Waals surface area contributed by atoms with Gasteiger partial charge in [0.05, 0.1) is 13.2 Å². The summed E-state index contributed by atoms with van der Waals surface area (Å²) in [4.78, 5) is 43.9. The number of fused-ring (bicyclic) bond motifs is 4. The van der Waals surface area contributed by atoms with E-state index < -0.39 is 6.04 Å². The normalized spacial score (nSPS) is 24.5. The zero-order chi connectivity index (χ0) is 25.9. The topological polar surface area (TPSA) is 82.2 Å². The molecular formula is C30H34N4O4. The van der Waals surface area contributed by atoms with E-state index in [1.165, 1.54) is 29.7 Å². The molecule has 0 aromatic heterocycles. The van der Waals surface area contributed by atoms with Gasteiger partial charge in [0.15, 0.2) is 0 Å². The molecule has 0 bridgehead atoms. The van der Waals surface area contributed by atoms with Crippen LogP contribution in [0.1, 0.15) is 65.6 Å². The fraction of sp³-hybridized carbons (Fsp3) is 0.500. The Kier molecular flexibility index (Phi) is 5.69. The number of likely N-dealkylation sites (tertiary alicyclic amines) is 1. The molecule has 8 nitrogen and oxygen atoms in total. The number of imide groups is 1. The van der Waals surface area contributed by atoms with Gasteiger partial charge in [0.1, 0.15) is 11.8 Å². The van der Waals surface area contributed by atoms with E-state index in [4.69, 9.17) is 4.74 Å². The number of rotatable bonds is 4. The molecule has 0 radical (unpaired) electrons. The van der Waals surface area contributed by atoms with E-state index in [0.717, 1.165) is 56.9 Å². The Morgan fingerprint density at radius 1 is 1.00 bits per heavy atom. The van der Waals surface area contributed by atoms with Crippen molar-refractivity contribution in [2.75, 3.05) is 37.7 Å². The molecule has 3 amide bonds. The molecule has 7 rings (SSSR count). The molecular weight excluding hydrogens is 480 g/mol. The maximum Gasteiger partial charge on any atom is 0.255 e. The van der Waals surface area contributed by atoms with Gasteiger partial charge in [-0.1, -0.05) is 18.2 Å². The van der Waals surface area contributed by atoms with Crippen molar-refractivity contribution in [1.29, 1.82) is 0 Å². The Morgan fingerprint density at radius 2 is 1.82 bits per heavy atom. The first-order valence-corrected chi connectivity index (χ1v) is 14.0. The van der Waals surface area contributed by atoms with E-state index in [1.54, 1.807) is 4.90 Å². The lowest BCUT2D eigenvalue weighted by Gasteiger charge is -2.38. The van der Waals surface area contributed by atoms with Crippen LogP contribution in [-0.4, -0.2) is 66.3 Å². The lowest BCUT2D eigenvalue weighted by molar-refractivity contribution is -0.136. The van der Waals surface area contributed by atoms with Crippen LogP contribution in [0.2, 0.25) is 0 Å². The van der Waals surface area contributed by atoms with Crippen LogP contribution in [0, 0.1) is 0 Å². The molecule has 1 atom stereocenters. The monoisotopic (exact) mass is 514 g/mol. The summed E-state index contributed by atoms with van der Waals surface area (Å²) < 4.78 is 6.33. The highest BCUT2D eigenvalue weighted by Crippen LogP contribution is 2.49. The van der Waals surface area contributed by atoms with Gasteiger partial charge >= 0.3 is 0 Å². The summed E-state index contributed by atoms with van der Waals surface area (Å²) in [6.45, 7) is 6.31. The molecule has 3 fully saturated rings. The number of benzene rings is 2. The number of carbonyl (C=O) groups is 3. The number of amides is 3. The Labute approximate surface area is 222 Å². The van der Waals surface area contributed by atoms with Crippen molar-refractivity contribution in [1.82, 2.24) is 15.1 Å². The minimum Gasteiger partial charge on any atom is -0.492 e. The van der Waals surface area contributed by atoms with E-state index in [1.807, 2.05) is 6.07 Å². The van der Waals surface area contributed by atoms with Gasteiger partial charge in [-0.15, -0.1) is 0 Å². The molecule has 1 N–H and O–H groups in total. The number of hydrogen-bond donors (Lipinski definition) is 1. The van der Waals surface area contributed by atoms with Gasteiger partial charge in [-0.05, 0) is 69.0 Å². The molecule has 8 heteroatoms. The van der Waals surface area contributed by atoms with Crippen molar-refractivity contribution in [3.63, 3.8) is 0 Å². The molecule has 5 aliphatic rings. The van der Waals surface area contributed by atoms with Gasteiger partial charge in [-0.25, -0.2) is 0 Å². The third kappa shape index (κ3) is 3.88. The zero-order valence-electron chi connectivity index (χ0n) is 21.7. The highest BCUT2D eigenvalue weighted by Gasteiger charge is 2.47. The van der Waals surface area contributed by atoms with Crippen LogP contribution in [-0.2, 0) is 28.1 Å². The first-order chi connectivity index (χ1) is 18.5. The first-order valence-electron chi connectivity index (χ1n) is 14.0. The molecule has 0 saturated carbocycles. The second kappa shape index (κ2) is 9.12. The largest absolute Gasteiger partial charge is 0.492 e. The summed E-state index contributed by atoms with van der Waals surface area (Å²) in [7, 11) is 0. The van der Waals surface area contributed by atoms with Gasteiger partial charge in [-0.3, -0.25) is 24.6 Å². The van der Waals surface area contributed by atoms with Crippen LogP contribution < -0.4 is 15.0 Å². The van der Waals surface area contributed by atoms with Gasteiger partial charge in [0.2, 0.25) is 11.8 Å². The van der Waals surface area contributed by atoms with Crippen molar-refractivity contribution in [3.8, 4) is 5.75 Å². The summed E-state index contributed by atoms with van der Waals surface area (Å²) >= 11 is 0. The summed E-state index contributed by atoms with van der Waals surface area (Å²) in [6, 6.07) is 12.4. The van der Waals surface area contributed by atoms with Crippen molar-refractivity contribution in [2.24, 2.45) is 0 Å². The molecule has 0 aliphatic carbocycles. The Balaban J connectivity index is 1.05. The minimum atomic E-state index is -0.606. The predicted molar refractivity (Wildman–Crippen MR) is 142 cm³/mol. The SMILES string of the molecule is O=C1CCC(N2Cc3c(ccc4c3OCC43CCN(Cc4cccc(N5CCCC5)c4)CC3)C2=O)C(=O)N1. The van der Waals surface area contributed by atoms with Crippen LogP contribution in [0.4, 0.5) is 5.69 Å². The third-order valence-electron chi connectivity index (χ3n) is 9.33. The number of ether oxygens (including phenoxy) is 1. The van der Waals surface area contributed by atoms with E-state index >= 15 is 0 Å². The molecule has 5 aliphatic heterocycles. The van der Waals surface area contributed by atoms with Gasteiger partial charge in [0.25, 0.3) is 5.91 Å². The van der Waals surface area contributed by atoms with Crippen molar-refractivity contribution < 1.29 is 19.1 Å². The Bertz CT molecular complexity index is 1310. The standard InChI is InChI=1S/C30H34N4O4/c35-26-9-8-25(28(36)31-26)34-18-23-22(29(34)37)6-7-24-27(23)38-19-30(24)10-14-32(15-11-30)17-20-4-3-5-21(16-20)33-12-1-2-13-33/h3-7,16,25H,1-2,8-15,17-19H2,(H,31,35,36). The minimum absolute atomic E-state index is 0.0244. The number of anilines is 1. The highest BCUT2D eigenvalue weighted by atomic mass is 16.5. The fourth-order valence-corrected chi connectivity index (χ4v) is 7.12. The third-order valence-corrected chi connectivity index (χ3v) is 9.33. The summed E-state index contributed by atoms with van der Waals surface area (Å²) in [5, 5.41) is 2.38. The van der Waals surface area contributed by atoms with Crippen molar-refractivity contribution in [2.45, 2.75) is 63.1 Å². The van der Waals surface area contributed by atoms with Gasteiger partial charge < -0.3 is 14.5 Å². The molecule has 38 heavy (non-hydrogen) atoms. The fourth-order valence-electron chi connectivity index (χ4n) is 7.12. The number of nitrogens with one attached hydrogen (secondary N) is 1. The molecule has 198 valence electrons. The van der Waals surface area contributed by atoms with Gasteiger partial charge in [-0.2, -0.15) is 0 Å². The molecule has 1 unspecified atom stereocenters. The van der Waals surface area contributed by atoms with Crippen LogP contribution in [0.3, 0.4) is 0 Å². The van der Waals surface area contributed by atoms with Crippen LogP contribution in [0.5, 0.6) is 5.75 Å². The lowest BCUT2D eigenvalue weighted by atomic mass is 9.74. The van der Waals surface area contributed by atoms with E-state index in [0.29, 0.717) is 25.1 Å². The Morgan fingerprint density at radius 3 is 2.61 bits per heavy atom. The average molecular weight is 515 g/mol. The number of nitrogens with zero attached hydrogens (tertiary/aromatic N) is 3. The summed E-state index contributed by atoms with van der Waals surface area (Å²) in [5.41, 5.74) is 5.43. The van der Waals surface area contributed by atoms with Crippen molar-refractivity contribution >= 4 is 23.4 Å². The number of piperidine rings is 2. The number of carbonyl (C=O) groups excluding carboxylic acids is 3. The molecule has 3 saturated heterocycles. The van der Waals surface area contributed by atoms with Crippen LogP contribution in [0.25, 0.3) is 0 Å². The quantitative estimate of drug-likeness (QED) is 0.632. The van der Waals surface area contributed by atoms with Crippen LogP contribution >= 0.6 is 0 Å². The average Bonchev–Trinajstić information content (AvgIpc) is 3.65. The first kappa shape index (κ1) is 23.7. The van der Waals surface area contributed by atoms with Gasteiger partial charge in [0, 0.05) is 53.8 Å².